The molecule has 1 aliphatic heterocycles. The molecule has 0 radical (unpaired) electrons. The van der Waals surface area contributed by atoms with Gasteiger partial charge in [0.2, 0.25) is 0 Å². The van der Waals surface area contributed by atoms with Crippen LogP contribution in [0, 0.1) is 12.8 Å². The van der Waals surface area contributed by atoms with Crippen LogP contribution in [-0.2, 0) is 19.6 Å². The molecule has 0 amide bonds. The third-order valence-electron chi connectivity index (χ3n) is 4.47. The van der Waals surface area contributed by atoms with Gasteiger partial charge >= 0.3 is 0 Å². The number of aryl methyl sites for hydroxylation is 1. The van der Waals surface area contributed by atoms with Crippen LogP contribution in [0.25, 0.3) is 0 Å². The van der Waals surface area contributed by atoms with Crippen molar-refractivity contribution < 1.29 is 0 Å². The molecule has 2 aromatic heterocycles. The van der Waals surface area contributed by atoms with Gasteiger partial charge in [-0.15, -0.1) is 6.58 Å². The third kappa shape index (κ3) is 3.65. The zero-order valence-corrected chi connectivity index (χ0v) is 13.4. The minimum Gasteiger partial charge on any atom is -0.299 e. The highest BCUT2D eigenvalue weighted by atomic mass is 15.3. The zero-order chi connectivity index (χ0) is 15.4. The maximum absolute atomic E-state index is 4.54. The molecule has 0 saturated carbocycles. The molecule has 0 N–H and O–H groups in total. The molecule has 3 rings (SSSR count). The first-order chi connectivity index (χ1) is 10.7. The average Bonchev–Trinajstić information content (AvgIpc) is 3.12. The van der Waals surface area contributed by atoms with Crippen LogP contribution in [0.1, 0.15) is 24.1 Å². The van der Waals surface area contributed by atoms with Crippen molar-refractivity contribution in [3.63, 3.8) is 0 Å². The van der Waals surface area contributed by atoms with Gasteiger partial charge in [-0.05, 0) is 44.8 Å². The Morgan fingerprint density at radius 1 is 1.32 bits per heavy atom. The van der Waals surface area contributed by atoms with Gasteiger partial charge in [-0.2, -0.15) is 10.2 Å². The standard InChI is InChI=1S/C17H25N5/c1-3-8-22-14-17(15(2)19-22)13-20-10-5-16(6-11-20)12-21-9-4-7-18-21/h3-4,7,9,14,16H,1,5-6,8,10-13H2,2H3. The third-order valence-corrected chi connectivity index (χ3v) is 4.47. The highest BCUT2D eigenvalue weighted by Gasteiger charge is 2.20. The van der Waals surface area contributed by atoms with Gasteiger partial charge in [0.15, 0.2) is 0 Å². The predicted molar refractivity (Wildman–Crippen MR) is 87.4 cm³/mol. The molecule has 0 atom stereocenters. The number of piperidine rings is 1. The molecule has 2 aromatic rings. The lowest BCUT2D eigenvalue weighted by Crippen LogP contribution is -2.34. The average molecular weight is 299 g/mol. The first-order valence-corrected chi connectivity index (χ1v) is 8.08. The molecule has 0 unspecified atom stereocenters. The van der Waals surface area contributed by atoms with E-state index in [2.05, 4.69) is 45.7 Å². The second-order valence-electron chi connectivity index (χ2n) is 6.20. The van der Waals surface area contributed by atoms with E-state index in [1.54, 1.807) is 0 Å². The Bertz CT molecular complexity index is 591. The van der Waals surface area contributed by atoms with Crippen molar-refractivity contribution in [1.29, 1.82) is 0 Å². The fourth-order valence-corrected chi connectivity index (χ4v) is 3.18. The quantitative estimate of drug-likeness (QED) is 0.769. The summed E-state index contributed by atoms with van der Waals surface area (Å²) in [5.74, 6) is 0.751. The van der Waals surface area contributed by atoms with Crippen LogP contribution in [0.4, 0.5) is 0 Å². The minimum absolute atomic E-state index is 0.751. The second-order valence-corrected chi connectivity index (χ2v) is 6.20. The van der Waals surface area contributed by atoms with E-state index in [1.165, 1.54) is 18.4 Å². The predicted octanol–water partition coefficient (Wildman–Crippen LogP) is 2.49. The van der Waals surface area contributed by atoms with Crippen LogP contribution in [0.2, 0.25) is 0 Å². The Balaban J connectivity index is 1.50. The van der Waals surface area contributed by atoms with Gasteiger partial charge in [-0.3, -0.25) is 14.3 Å². The van der Waals surface area contributed by atoms with Crippen LogP contribution < -0.4 is 0 Å². The monoisotopic (exact) mass is 299 g/mol. The van der Waals surface area contributed by atoms with E-state index in [1.807, 2.05) is 23.0 Å². The first kappa shape index (κ1) is 15.0. The Labute approximate surface area is 132 Å². The Morgan fingerprint density at radius 2 is 2.14 bits per heavy atom. The normalized spacial score (nSPS) is 17.0. The number of allylic oxidation sites excluding steroid dienone is 1. The molecule has 0 bridgehead atoms. The van der Waals surface area contributed by atoms with Crippen molar-refractivity contribution >= 4 is 0 Å². The van der Waals surface area contributed by atoms with Crippen molar-refractivity contribution in [3.8, 4) is 0 Å². The largest absolute Gasteiger partial charge is 0.299 e. The summed E-state index contributed by atoms with van der Waals surface area (Å²) >= 11 is 0. The van der Waals surface area contributed by atoms with Gasteiger partial charge in [0.05, 0.1) is 12.2 Å². The lowest BCUT2D eigenvalue weighted by Gasteiger charge is -2.31. The molecule has 1 saturated heterocycles. The summed E-state index contributed by atoms with van der Waals surface area (Å²) in [6.45, 7) is 11.0. The highest BCUT2D eigenvalue weighted by Crippen LogP contribution is 2.21. The topological polar surface area (TPSA) is 38.9 Å². The van der Waals surface area contributed by atoms with Crippen molar-refractivity contribution in [3.05, 3.63) is 48.6 Å². The maximum Gasteiger partial charge on any atom is 0.0638 e. The SMILES string of the molecule is C=CCn1cc(CN2CCC(Cn3cccn3)CC2)c(C)n1. The van der Waals surface area contributed by atoms with E-state index >= 15 is 0 Å². The van der Waals surface area contributed by atoms with E-state index in [0.717, 1.165) is 44.3 Å². The van der Waals surface area contributed by atoms with Crippen molar-refractivity contribution in [2.75, 3.05) is 13.1 Å². The fourth-order valence-electron chi connectivity index (χ4n) is 3.18. The van der Waals surface area contributed by atoms with Gasteiger partial charge in [-0.1, -0.05) is 6.08 Å². The van der Waals surface area contributed by atoms with Gasteiger partial charge in [0, 0.05) is 37.2 Å². The number of hydrogen-bond donors (Lipinski definition) is 0. The summed E-state index contributed by atoms with van der Waals surface area (Å²) in [6.07, 6.45) is 10.5. The number of likely N-dealkylation sites (tertiary alicyclic amines) is 1. The summed E-state index contributed by atoms with van der Waals surface area (Å²) < 4.78 is 4.03. The van der Waals surface area contributed by atoms with Crippen LogP contribution in [-0.4, -0.2) is 37.6 Å². The zero-order valence-electron chi connectivity index (χ0n) is 13.4. The molecule has 5 heteroatoms. The molecule has 1 aliphatic rings. The Hall–Kier alpha value is -1.88. The van der Waals surface area contributed by atoms with E-state index < -0.39 is 0 Å². The smallest absolute Gasteiger partial charge is 0.0638 e. The van der Waals surface area contributed by atoms with E-state index in [-0.39, 0.29) is 0 Å². The summed E-state index contributed by atoms with van der Waals surface area (Å²) in [5, 5.41) is 8.85. The molecule has 5 nitrogen and oxygen atoms in total. The van der Waals surface area contributed by atoms with E-state index in [9.17, 15) is 0 Å². The lowest BCUT2D eigenvalue weighted by atomic mass is 9.96. The summed E-state index contributed by atoms with van der Waals surface area (Å²) in [6, 6.07) is 2.00. The summed E-state index contributed by atoms with van der Waals surface area (Å²) in [5.41, 5.74) is 2.48. The minimum atomic E-state index is 0.751. The van der Waals surface area contributed by atoms with E-state index in [0.29, 0.717) is 0 Å². The lowest BCUT2D eigenvalue weighted by molar-refractivity contribution is 0.164. The van der Waals surface area contributed by atoms with Crippen molar-refractivity contribution in [1.82, 2.24) is 24.5 Å². The number of aromatic nitrogens is 4. The maximum atomic E-state index is 4.54. The van der Waals surface area contributed by atoms with Crippen LogP contribution in [0.5, 0.6) is 0 Å². The van der Waals surface area contributed by atoms with E-state index in [4.69, 9.17) is 0 Å². The molecular weight excluding hydrogens is 274 g/mol. The van der Waals surface area contributed by atoms with Gasteiger partial charge in [0.1, 0.15) is 0 Å². The molecular formula is C17H25N5. The second kappa shape index (κ2) is 6.92. The summed E-state index contributed by atoms with van der Waals surface area (Å²) in [7, 11) is 0. The van der Waals surface area contributed by atoms with Crippen LogP contribution in [0.15, 0.2) is 37.3 Å². The van der Waals surface area contributed by atoms with Crippen LogP contribution in [0.3, 0.4) is 0 Å². The first-order valence-electron chi connectivity index (χ1n) is 8.08. The van der Waals surface area contributed by atoms with Gasteiger partial charge in [0.25, 0.3) is 0 Å². The fraction of sp³-hybridized carbons (Fsp3) is 0.529. The van der Waals surface area contributed by atoms with Gasteiger partial charge in [-0.25, -0.2) is 0 Å². The van der Waals surface area contributed by atoms with Crippen LogP contribution >= 0.6 is 0 Å². The Morgan fingerprint density at radius 3 is 2.82 bits per heavy atom. The Kier molecular flexibility index (Phi) is 4.73. The molecule has 1 fully saturated rings. The number of nitrogens with zero attached hydrogens (tertiary/aromatic N) is 5. The van der Waals surface area contributed by atoms with Crippen molar-refractivity contribution in [2.45, 2.75) is 39.4 Å². The summed E-state index contributed by atoms with van der Waals surface area (Å²) in [4.78, 5) is 2.54. The number of rotatable bonds is 6. The van der Waals surface area contributed by atoms with Crippen molar-refractivity contribution in [2.24, 2.45) is 5.92 Å². The highest BCUT2D eigenvalue weighted by molar-refractivity contribution is 5.15. The van der Waals surface area contributed by atoms with Gasteiger partial charge < -0.3 is 0 Å². The number of hydrogen-bond acceptors (Lipinski definition) is 3. The molecule has 22 heavy (non-hydrogen) atoms. The molecule has 3 heterocycles. The molecule has 0 spiro atoms. The molecule has 0 aromatic carbocycles. The molecule has 0 aliphatic carbocycles. The molecule has 118 valence electrons.